The molecule has 1 aliphatic heterocycles. The molecule has 0 aromatic heterocycles. The van der Waals surface area contributed by atoms with Crippen molar-refractivity contribution in [1.29, 1.82) is 0 Å². The number of non-ortho nitro benzene ring substituents is 1. The van der Waals surface area contributed by atoms with Crippen molar-refractivity contribution in [1.82, 2.24) is 10.0 Å². The third-order valence-corrected chi connectivity index (χ3v) is 7.24. The fourth-order valence-corrected chi connectivity index (χ4v) is 5.59. The lowest BCUT2D eigenvalue weighted by Gasteiger charge is -2.36. The molecule has 2 bridgehead atoms. The van der Waals surface area contributed by atoms with Gasteiger partial charge < -0.3 is 0 Å². The van der Waals surface area contributed by atoms with Crippen molar-refractivity contribution in [2.75, 3.05) is 0 Å². The number of hydrogen-bond donors (Lipinski definition) is 0. The summed E-state index contributed by atoms with van der Waals surface area (Å²) >= 11 is 0. The standard InChI is InChI=1S/C26H23N3O6/c1-2-20(23(30)15-6-4-3-5-7-15)27(24(31)16-10-12-19(13-11-16)29(34)35)28-25(32)21-17-8-9-18(14-17)22(21)26(28)33/h3-13,17-18,20-22H,2,14H2,1H3/t17-,18-,20+,21-,22+/m0/s1. The SMILES string of the molecule is CC[C@H](C(=O)c1ccccc1)N(C(=O)c1ccc([N+](=O)[O-])cc1)N1C(=O)[C@@H]2[C@H](C1=O)[C@H]1C=C[C@H]2C1. The number of fused-ring (bicyclic) bond motifs is 5. The lowest BCUT2D eigenvalue weighted by atomic mass is 9.85. The molecule has 1 saturated heterocycles. The third-order valence-electron chi connectivity index (χ3n) is 7.24. The second kappa shape index (κ2) is 8.57. The maximum Gasteiger partial charge on any atom is 0.273 e. The van der Waals surface area contributed by atoms with Gasteiger partial charge in [0.15, 0.2) is 5.78 Å². The molecule has 2 aromatic carbocycles. The molecule has 35 heavy (non-hydrogen) atoms. The van der Waals surface area contributed by atoms with Crippen molar-refractivity contribution in [2.24, 2.45) is 23.7 Å². The summed E-state index contributed by atoms with van der Waals surface area (Å²) in [4.78, 5) is 64.9. The molecule has 5 rings (SSSR count). The van der Waals surface area contributed by atoms with Crippen LogP contribution in [0.25, 0.3) is 0 Å². The van der Waals surface area contributed by atoms with Crippen LogP contribution >= 0.6 is 0 Å². The largest absolute Gasteiger partial charge is 0.292 e. The van der Waals surface area contributed by atoms with Crippen molar-refractivity contribution < 1.29 is 24.1 Å². The van der Waals surface area contributed by atoms with Gasteiger partial charge in [-0.05, 0) is 36.8 Å². The van der Waals surface area contributed by atoms with E-state index in [4.69, 9.17) is 0 Å². The zero-order valence-corrected chi connectivity index (χ0v) is 18.9. The van der Waals surface area contributed by atoms with Gasteiger partial charge in [0.2, 0.25) is 0 Å². The number of amides is 3. The molecule has 1 heterocycles. The van der Waals surface area contributed by atoms with E-state index in [1.54, 1.807) is 37.3 Å². The monoisotopic (exact) mass is 473 g/mol. The van der Waals surface area contributed by atoms with Crippen LogP contribution in [0.5, 0.6) is 0 Å². The van der Waals surface area contributed by atoms with Crippen molar-refractivity contribution in [3.63, 3.8) is 0 Å². The fourth-order valence-electron chi connectivity index (χ4n) is 5.59. The Morgan fingerprint density at radius 2 is 1.54 bits per heavy atom. The maximum atomic E-state index is 13.8. The van der Waals surface area contributed by atoms with Gasteiger partial charge in [0.25, 0.3) is 23.4 Å². The normalized spacial score (nSPS) is 25.0. The van der Waals surface area contributed by atoms with E-state index in [1.165, 1.54) is 24.3 Å². The number of ketones is 1. The van der Waals surface area contributed by atoms with Gasteiger partial charge in [-0.25, -0.2) is 5.01 Å². The Labute approximate surface area is 201 Å². The van der Waals surface area contributed by atoms with Gasteiger partial charge in [-0.15, -0.1) is 0 Å². The van der Waals surface area contributed by atoms with Crippen LogP contribution in [0.4, 0.5) is 5.69 Å². The molecule has 2 aliphatic carbocycles. The summed E-state index contributed by atoms with van der Waals surface area (Å²) in [5.41, 5.74) is 0.182. The second-order valence-corrected chi connectivity index (χ2v) is 9.10. The number of rotatable bonds is 7. The van der Waals surface area contributed by atoms with Crippen molar-refractivity contribution >= 4 is 29.2 Å². The Morgan fingerprint density at radius 3 is 2.06 bits per heavy atom. The molecule has 2 aromatic rings. The van der Waals surface area contributed by atoms with Crippen LogP contribution in [0, 0.1) is 33.8 Å². The Balaban J connectivity index is 1.57. The highest BCUT2D eigenvalue weighted by atomic mass is 16.6. The number of carbonyl (C=O) groups is 4. The highest BCUT2D eigenvalue weighted by Gasteiger charge is 2.62. The molecule has 178 valence electrons. The molecular weight excluding hydrogens is 450 g/mol. The molecule has 0 radical (unpaired) electrons. The summed E-state index contributed by atoms with van der Waals surface area (Å²) in [6.45, 7) is 1.71. The fraction of sp³-hybridized carbons (Fsp3) is 0.308. The number of benzene rings is 2. The minimum absolute atomic E-state index is 0.0358. The number of nitrogens with zero attached hydrogens (tertiary/aromatic N) is 3. The van der Waals surface area contributed by atoms with E-state index in [-0.39, 0.29) is 29.5 Å². The smallest absolute Gasteiger partial charge is 0.273 e. The average Bonchev–Trinajstić information content (AvgIpc) is 3.56. The Morgan fingerprint density at radius 1 is 0.971 bits per heavy atom. The number of allylic oxidation sites excluding steroid dienone is 2. The van der Waals surface area contributed by atoms with E-state index < -0.39 is 46.3 Å². The van der Waals surface area contributed by atoms with E-state index in [2.05, 4.69) is 0 Å². The predicted molar refractivity (Wildman–Crippen MR) is 124 cm³/mol. The quantitative estimate of drug-likeness (QED) is 0.200. The summed E-state index contributed by atoms with van der Waals surface area (Å²) in [6.07, 6.45) is 4.80. The highest BCUT2D eigenvalue weighted by Crippen LogP contribution is 2.53. The number of imide groups is 1. The van der Waals surface area contributed by atoms with Gasteiger partial charge in [0, 0.05) is 23.3 Å². The number of nitro benzene ring substituents is 1. The Kier molecular flexibility index (Phi) is 5.55. The van der Waals surface area contributed by atoms with E-state index >= 15 is 0 Å². The van der Waals surface area contributed by atoms with Crippen molar-refractivity contribution in [2.45, 2.75) is 25.8 Å². The molecule has 3 aliphatic rings. The summed E-state index contributed by atoms with van der Waals surface area (Å²) < 4.78 is 0. The molecule has 2 fully saturated rings. The first-order valence-electron chi connectivity index (χ1n) is 11.6. The topological polar surface area (TPSA) is 118 Å². The summed E-state index contributed by atoms with van der Waals surface area (Å²) in [7, 11) is 0. The average molecular weight is 473 g/mol. The molecule has 9 nitrogen and oxygen atoms in total. The summed E-state index contributed by atoms with van der Waals surface area (Å²) in [5.74, 6) is -3.32. The van der Waals surface area contributed by atoms with Crippen LogP contribution in [0.3, 0.4) is 0 Å². The van der Waals surface area contributed by atoms with Gasteiger partial charge in [-0.3, -0.25) is 29.3 Å². The van der Waals surface area contributed by atoms with Crippen LogP contribution in [-0.4, -0.2) is 44.5 Å². The van der Waals surface area contributed by atoms with Crippen LogP contribution < -0.4 is 0 Å². The number of nitro groups is 1. The van der Waals surface area contributed by atoms with Crippen LogP contribution in [0.1, 0.15) is 40.5 Å². The molecule has 3 amide bonds. The molecule has 9 heteroatoms. The number of hydrogen-bond acceptors (Lipinski definition) is 6. The van der Waals surface area contributed by atoms with Crippen molar-refractivity contribution in [3.8, 4) is 0 Å². The zero-order chi connectivity index (χ0) is 24.9. The summed E-state index contributed by atoms with van der Waals surface area (Å²) in [5, 5.41) is 12.9. The van der Waals surface area contributed by atoms with E-state index in [0.717, 1.165) is 16.4 Å². The predicted octanol–water partition coefficient (Wildman–Crippen LogP) is 3.42. The molecule has 5 atom stereocenters. The first-order valence-corrected chi connectivity index (χ1v) is 11.6. The van der Waals surface area contributed by atoms with Crippen molar-refractivity contribution in [3.05, 3.63) is 88.0 Å². The van der Waals surface area contributed by atoms with Gasteiger partial charge >= 0.3 is 0 Å². The minimum Gasteiger partial charge on any atom is -0.292 e. The minimum atomic E-state index is -1.11. The molecule has 1 saturated carbocycles. The van der Waals surface area contributed by atoms with E-state index in [0.29, 0.717) is 5.56 Å². The lowest BCUT2D eigenvalue weighted by Crippen LogP contribution is -2.57. The number of Topliss-reactive ketones (excluding diaryl/α,β-unsaturated/α-hetero) is 1. The Hall–Kier alpha value is -4.14. The van der Waals surface area contributed by atoms with Crippen LogP contribution in [0.15, 0.2) is 66.7 Å². The van der Waals surface area contributed by atoms with Crippen LogP contribution in [-0.2, 0) is 9.59 Å². The Bertz CT molecular complexity index is 1230. The third kappa shape index (κ3) is 3.54. The van der Waals surface area contributed by atoms with Gasteiger partial charge in [0.05, 0.1) is 16.8 Å². The highest BCUT2D eigenvalue weighted by molar-refractivity contribution is 6.11. The second-order valence-electron chi connectivity index (χ2n) is 9.10. The molecule has 0 N–H and O–H groups in total. The summed E-state index contributed by atoms with van der Waals surface area (Å²) in [6, 6.07) is 12.2. The van der Waals surface area contributed by atoms with E-state index in [9.17, 15) is 29.3 Å². The van der Waals surface area contributed by atoms with Crippen LogP contribution in [0.2, 0.25) is 0 Å². The zero-order valence-electron chi connectivity index (χ0n) is 18.9. The molecule has 0 spiro atoms. The van der Waals surface area contributed by atoms with Gasteiger partial charge in [0.1, 0.15) is 6.04 Å². The molecular formula is C26H23N3O6. The van der Waals surface area contributed by atoms with Gasteiger partial charge in [-0.2, -0.15) is 5.01 Å². The first-order chi connectivity index (χ1) is 16.8. The first kappa shape index (κ1) is 22.6. The molecule has 0 unspecified atom stereocenters. The number of carbonyl (C=O) groups excluding carboxylic acids is 4. The maximum absolute atomic E-state index is 13.8. The lowest BCUT2D eigenvalue weighted by molar-refractivity contribution is -0.384. The number of hydrazine groups is 1. The van der Waals surface area contributed by atoms with E-state index in [1.807, 2.05) is 12.2 Å². The van der Waals surface area contributed by atoms with Gasteiger partial charge in [-0.1, -0.05) is 49.4 Å².